The molecule has 4 heteroatoms. The maximum absolute atomic E-state index is 11.5. The molecule has 2 N–H and O–H groups in total. The number of carbonyl (C=O) groups is 1. The molecule has 0 aromatic carbocycles. The summed E-state index contributed by atoms with van der Waals surface area (Å²) in [6.45, 7) is 10.1. The van der Waals surface area contributed by atoms with Crippen LogP contribution in [0, 0.1) is 17.3 Å². The molecule has 0 heterocycles. The number of ether oxygens (including phenoxy) is 1. The smallest absolute Gasteiger partial charge is 0.221 e. The van der Waals surface area contributed by atoms with Crippen molar-refractivity contribution in [3.05, 3.63) is 0 Å². The van der Waals surface area contributed by atoms with E-state index in [4.69, 9.17) is 4.74 Å². The van der Waals surface area contributed by atoms with Crippen LogP contribution >= 0.6 is 0 Å². The van der Waals surface area contributed by atoms with Gasteiger partial charge in [0.1, 0.15) is 0 Å². The molecule has 124 valence electrons. The van der Waals surface area contributed by atoms with E-state index in [2.05, 4.69) is 31.4 Å². The Kier molecular flexibility index (Phi) is 8.27. The van der Waals surface area contributed by atoms with Crippen LogP contribution in [0.15, 0.2) is 0 Å². The first-order chi connectivity index (χ1) is 9.93. The van der Waals surface area contributed by atoms with Crippen molar-refractivity contribution in [2.75, 3.05) is 33.4 Å². The molecule has 1 aliphatic rings. The number of amides is 1. The molecule has 0 unspecified atom stereocenters. The van der Waals surface area contributed by atoms with Crippen molar-refractivity contribution in [2.24, 2.45) is 17.3 Å². The molecular weight excluding hydrogens is 264 g/mol. The quantitative estimate of drug-likeness (QED) is 0.677. The first-order valence-electron chi connectivity index (χ1n) is 8.40. The molecule has 0 radical (unpaired) electrons. The average molecular weight is 298 g/mol. The van der Waals surface area contributed by atoms with Gasteiger partial charge in [-0.05, 0) is 49.5 Å². The fourth-order valence-corrected chi connectivity index (χ4v) is 3.12. The number of hydrogen-bond donors (Lipinski definition) is 2. The molecule has 21 heavy (non-hydrogen) atoms. The summed E-state index contributed by atoms with van der Waals surface area (Å²) in [5, 5.41) is 6.28. The molecule has 1 saturated carbocycles. The van der Waals surface area contributed by atoms with Gasteiger partial charge in [-0.3, -0.25) is 4.79 Å². The van der Waals surface area contributed by atoms with Gasteiger partial charge in [-0.15, -0.1) is 0 Å². The fraction of sp³-hybridized carbons (Fsp3) is 0.941. The lowest BCUT2D eigenvalue weighted by atomic mass is 9.70. The number of carbonyl (C=O) groups excluding carboxylic acids is 1. The highest BCUT2D eigenvalue weighted by atomic mass is 16.5. The Morgan fingerprint density at radius 2 is 1.81 bits per heavy atom. The third kappa shape index (κ3) is 7.82. The maximum atomic E-state index is 11.5. The normalized spacial score (nSPS) is 23.0. The zero-order valence-corrected chi connectivity index (χ0v) is 14.3. The highest BCUT2D eigenvalue weighted by molar-refractivity contribution is 5.75. The van der Waals surface area contributed by atoms with E-state index in [-0.39, 0.29) is 5.91 Å². The summed E-state index contributed by atoms with van der Waals surface area (Å²) in [6.07, 6.45) is 5.92. The Balaban J connectivity index is 2.03. The Bertz CT molecular complexity index is 292. The van der Waals surface area contributed by atoms with Crippen LogP contribution in [-0.4, -0.2) is 39.3 Å². The topological polar surface area (TPSA) is 50.4 Å². The second-order valence-corrected chi connectivity index (χ2v) is 7.38. The van der Waals surface area contributed by atoms with Crippen LogP contribution in [0.5, 0.6) is 0 Å². The van der Waals surface area contributed by atoms with E-state index in [0.717, 1.165) is 24.9 Å². The van der Waals surface area contributed by atoms with Crippen molar-refractivity contribution in [1.82, 2.24) is 10.6 Å². The van der Waals surface area contributed by atoms with Crippen LogP contribution < -0.4 is 10.6 Å². The summed E-state index contributed by atoms with van der Waals surface area (Å²) in [5.41, 5.74) is 0.457. The van der Waals surface area contributed by atoms with E-state index in [9.17, 15) is 4.79 Å². The molecule has 0 saturated heterocycles. The largest absolute Gasteiger partial charge is 0.383 e. The Hall–Kier alpha value is -0.610. The third-order valence-corrected chi connectivity index (χ3v) is 4.66. The summed E-state index contributed by atoms with van der Waals surface area (Å²) >= 11 is 0. The van der Waals surface area contributed by atoms with Crippen LogP contribution in [0.1, 0.15) is 52.9 Å². The minimum atomic E-state index is 0.107. The number of nitrogens with one attached hydrogen (secondary N) is 2. The van der Waals surface area contributed by atoms with Crippen molar-refractivity contribution in [3.8, 4) is 0 Å². The van der Waals surface area contributed by atoms with E-state index in [1.165, 1.54) is 25.7 Å². The van der Waals surface area contributed by atoms with E-state index >= 15 is 0 Å². The fourth-order valence-electron chi connectivity index (χ4n) is 3.12. The van der Waals surface area contributed by atoms with Gasteiger partial charge < -0.3 is 15.4 Å². The molecule has 0 aromatic rings. The lowest BCUT2D eigenvalue weighted by Gasteiger charge is -2.37. The predicted molar refractivity (Wildman–Crippen MR) is 87.3 cm³/mol. The number of rotatable bonds is 8. The van der Waals surface area contributed by atoms with Crippen LogP contribution in [0.3, 0.4) is 0 Å². The molecule has 0 atom stereocenters. The van der Waals surface area contributed by atoms with Crippen molar-refractivity contribution in [1.29, 1.82) is 0 Å². The SMILES string of the molecule is COCCNC(=O)CCNCC1CCC(C(C)(C)C)CC1. The van der Waals surface area contributed by atoms with Crippen molar-refractivity contribution in [2.45, 2.75) is 52.9 Å². The third-order valence-electron chi connectivity index (χ3n) is 4.66. The van der Waals surface area contributed by atoms with E-state index in [1.54, 1.807) is 7.11 Å². The summed E-state index contributed by atoms with van der Waals surface area (Å²) in [4.78, 5) is 11.5. The van der Waals surface area contributed by atoms with Gasteiger partial charge in [0.25, 0.3) is 0 Å². The highest BCUT2D eigenvalue weighted by Crippen LogP contribution is 2.39. The summed E-state index contributed by atoms with van der Waals surface area (Å²) in [6, 6.07) is 0. The first-order valence-corrected chi connectivity index (χ1v) is 8.40. The van der Waals surface area contributed by atoms with Crippen LogP contribution in [-0.2, 0) is 9.53 Å². The Morgan fingerprint density at radius 1 is 1.14 bits per heavy atom. The summed E-state index contributed by atoms with van der Waals surface area (Å²) in [7, 11) is 1.64. The minimum absolute atomic E-state index is 0.107. The van der Waals surface area contributed by atoms with Crippen molar-refractivity contribution in [3.63, 3.8) is 0 Å². The van der Waals surface area contributed by atoms with Gasteiger partial charge >= 0.3 is 0 Å². The van der Waals surface area contributed by atoms with Crippen molar-refractivity contribution >= 4 is 5.91 Å². The minimum Gasteiger partial charge on any atom is -0.383 e. The molecular formula is C17H34N2O2. The van der Waals surface area contributed by atoms with E-state index in [0.29, 0.717) is 25.0 Å². The molecule has 0 aromatic heterocycles. The van der Waals surface area contributed by atoms with Gasteiger partial charge in [0.15, 0.2) is 0 Å². The van der Waals surface area contributed by atoms with Crippen LogP contribution in [0.25, 0.3) is 0 Å². The Morgan fingerprint density at radius 3 is 2.38 bits per heavy atom. The van der Waals surface area contributed by atoms with Crippen LogP contribution in [0.2, 0.25) is 0 Å². The first kappa shape index (κ1) is 18.4. The number of methoxy groups -OCH3 is 1. The summed E-state index contributed by atoms with van der Waals surface area (Å²) in [5.74, 6) is 1.77. The summed E-state index contributed by atoms with van der Waals surface area (Å²) < 4.78 is 4.90. The lowest BCUT2D eigenvalue weighted by Crippen LogP contribution is -2.33. The highest BCUT2D eigenvalue weighted by Gasteiger charge is 2.29. The molecule has 0 bridgehead atoms. The standard InChI is InChI=1S/C17H34N2O2/c1-17(2,3)15-7-5-14(6-8-15)13-18-10-9-16(20)19-11-12-21-4/h14-15,18H,5-13H2,1-4H3,(H,19,20). The van der Waals surface area contributed by atoms with Gasteiger partial charge in [-0.25, -0.2) is 0 Å². The molecule has 0 spiro atoms. The molecule has 1 rings (SSSR count). The maximum Gasteiger partial charge on any atom is 0.221 e. The van der Waals surface area contributed by atoms with E-state index in [1.807, 2.05) is 0 Å². The zero-order chi connectivity index (χ0) is 15.7. The molecule has 1 aliphatic carbocycles. The Labute approximate surface area is 130 Å². The second-order valence-electron chi connectivity index (χ2n) is 7.38. The second kappa shape index (κ2) is 9.42. The van der Waals surface area contributed by atoms with E-state index < -0.39 is 0 Å². The van der Waals surface area contributed by atoms with Gasteiger partial charge in [0.05, 0.1) is 6.61 Å². The lowest BCUT2D eigenvalue weighted by molar-refractivity contribution is -0.121. The average Bonchev–Trinajstić information content (AvgIpc) is 2.43. The van der Waals surface area contributed by atoms with Gasteiger partial charge in [-0.1, -0.05) is 20.8 Å². The predicted octanol–water partition coefficient (Wildman–Crippen LogP) is 2.58. The molecule has 4 nitrogen and oxygen atoms in total. The zero-order valence-electron chi connectivity index (χ0n) is 14.3. The van der Waals surface area contributed by atoms with Crippen LogP contribution in [0.4, 0.5) is 0 Å². The van der Waals surface area contributed by atoms with Crippen molar-refractivity contribution < 1.29 is 9.53 Å². The van der Waals surface area contributed by atoms with Gasteiger partial charge in [-0.2, -0.15) is 0 Å². The van der Waals surface area contributed by atoms with Gasteiger partial charge in [0, 0.05) is 26.6 Å². The molecule has 1 amide bonds. The monoisotopic (exact) mass is 298 g/mol. The van der Waals surface area contributed by atoms with Gasteiger partial charge in [0.2, 0.25) is 5.91 Å². The molecule has 0 aliphatic heterocycles. The molecule has 1 fully saturated rings. The number of hydrogen-bond acceptors (Lipinski definition) is 3.